The minimum atomic E-state index is -0.925. The van der Waals surface area contributed by atoms with Crippen LogP contribution >= 0.6 is 0 Å². The van der Waals surface area contributed by atoms with Crippen LogP contribution in [-0.4, -0.2) is 21.3 Å². The fourth-order valence-electron chi connectivity index (χ4n) is 2.88. The Bertz CT molecular complexity index is 657. The number of aliphatic hydroxyl groups excluding tert-OH is 1. The molecule has 0 bridgehead atoms. The summed E-state index contributed by atoms with van der Waals surface area (Å²) in [6.45, 7) is 4.15. The second-order valence-corrected chi connectivity index (χ2v) is 5.45. The topological polar surface area (TPSA) is 84.3 Å². The quantitative estimate of drug-likeness (QED) is 0.782. The van der Waals surface area contributed by atoms with Crippen LogP contribution in [0.5, 0.6) is 0 Å². The summed E-state index contributed by atoms with van der Waals surface area (Å²) in [4.78, 5) is 26.5. The van der Waals surface area contributed by atoms with Crippen molar-refractivity contribution in [3.63, 3.8) is 0 Å². The lowest BCUT2D eigenvalue weighted by molar-refractivity contribution is 0.0746. The largest absolute Gasteiger partial charge is 0.382 e. The lowest BCUT2D eigenvalue weighted by atomic mass is 9.92. The third-order valence-electron chi connectivity index (χ3n) is 4.05. The molecule has 0 amide bonds. The van der Waals surface area contributed by atoms with E-state index in [9.17, 15) is 14.7 Å². The van der Waals surface area contributed by atoms with Crippen molar-refractivity contribution in [2.24, 2.45) is 0 Å². The van der Waals surface area contributed by atoms with Crippen LogP contribution in [0.1, 0.15) is 56.9 Å². The van der Waals surface area contributed by atoms with Crippen LogP contribution < -0.4 is 11.2 Å². The molecule has 2 rings (SSSR count). The minimum absolute atomic E-state index is 0.0266. The maximum atomic E-state index is 12.1. The standard InChI is InChI=1S/C16H24N2O4/c1-3-12-13(14(19)11-8-6-5-7-9-11)18(10-22-4-2)16(21)17-15(12)20/h8,14,19H,3-7,9-10H2,1-2H3,(H,17,20,21). The maximum absolute atomic E-state index is 12.1. The van der Waals surface area contributed by atoms with E-state index in [1.54, 1.807) is 0 Å². The van der Waals surface area contributed by atoms with E-state index in [4.69, 9.17) is 4.74 Å². The first-order valence-electron chi connectivity index (χ1n) is 7.90. The second kappa shape index (κ2) is 7.56. The molecule has 1 aromatic heterocycles. The zero-order chi connectivity index (χ0) is 16.1. The Kier molecular flexibility index (Phi) is 5.74. The van der Waals surface area contributed by atoms with Crippen LogP contribution in [-0.2, 0) is 17.9 Å². The number of hydrogen-bond acceptors (Lipinski definition) is 4. The molecule has 6 nitrogen and oxygen atoms in total. The first kappa shape index (κ1) is 16.7. The molecule has 0 aliphatic heterocycles. The summed E-state index contributed by atoms with van der Waals surface area (Å²) in [5, 5.41) is 10.7. The number of nitrogens with zero attached hydrogens (tertiary/aromatic N) is 1. The molecule has 1 heterocycles. The molecule has 2 N–H and O–H groups in total. The molecular weight excluding hydrogens is 284 g/mol. The number of rotatable bonds is 6. The molecule has 1 aromatic rings. The van der Waals surface area contributed by atoms with Gasteiger partial charge >= 0.3 is 5.69 Å². The number of aliphatic hydroxyl groups is 1. The number of allylic oxidation sites excluding steroid dienone is 1. The molecule has 0 aromatic carbocycles. The molecule has 1 aliphatic carbocycles. The SMILES string of the molecule is CCOCn1c(C(O)C2=CCCCC2)c(CC)c(=O)[nH]c1=O. The summed E-state index contributed by atoms with van der Waals surface area (Å²) >= 11 is 0. The van der Waals surface area contributed by atoms with Crippen LogP contribution in [0, 0.1) is 0 Å². The monoisotopic (exact) mass is 308 g/mol. The molecule has 0 saturated heterocycles. The van der Waals surface area contributed by atoms with Crippen molar-refractivity contribution in [3.8, 4) is 0 Å². The number of aromatic nitrogens is 2. The highest BCUT2D eigenvalue weighted by molar-refractivity contribution is 5.28. The summed E-state index contributed by atoms with van der Waals surface area (Å²) in [6.07, 6.45) is 5.38. The Morgan fingerprint density at radius 2 is 2.14 bits per heavy atom. The van der Waals surface area contributed by atoms with E-state index in [-0.39, 0.29) is 6.73 Å². The summed E-state index contributed by atoms with van der Waals surface area (Å²) in [5.74, 6) is 0. The van der Waals surface area contributed by atoms with Gasteiger partial charge in [-0.2, -0.15) is 0 Å². The molecule has 0 spiro atoms. The molecule has 1 aliphatic rings. The summed E-state index contributed by atoms with van der Waals surface area (Å²) in [7, 11) is 0. The van der Waals surface area contributed by atoms with Crippen molar-refractivity contribution in [3.05, 3.63) is 43.7 Å². The fourth-order valence-corrected chi connectivity index (χ4v) is 2.88. The third-order valence-corrected chi connectivity index (χ3v) is 4.05. The van der Waals surface area contributed by atoms with E-state index >= 15 is 0 Å². The Hall–Kier alpha value is -1.66. The summed E-state index contributed by atoms with van der Waals surface area (Å²) in [5.41, 5.74) is 0.735. The molecule has 1 unspecified atom stereocenters. The van der Waals surface area contributed by atoms with E-state index in [2.05, 4.69) is 4.98 Å². The van der Waals surface area contributed by atoms with E-state index < -0.39 is 17.4 Å². The van der Waals surface area contributed by atoms with Crippen molar-refractivity contribution in [1.29, 1.82) is 0 Å². The lowest BCUT2D eigenvalue weighted by Gasteiger charge is -2.24. The van der Waals surface area contributed by atoms with Gasteiger partial charge < -0.3 is 9.84 Å². The first-order chi connectivity index (χ1) is 10.6. The Morgan fingerprint density at radius 3 is 2.73 bits per heavy atom. The number of H-pyrrole nitrogens is 1. The number of hydrogen-bond donors (Lipinski definition) is 2. The lowest BCUT2D eigenvalue weighted by Crippen LogP contribution is -2.37. The van der Waals surface area contributed by atoms with Crippen molar-refractivity contribution in [1.82, 2.24) is 9.55 Å². The van der Waals surface area contributed by atoms with E-state index in [1.807, 2.05) is 19.9 Å². The van der Waals surface area contributed by atoms with E-state index in [1.165, 1.54) is 4.57 Å². The predicted octanol–water partition coefficient (Wildman–Crippen LogP) is 1.63. The van der Waals surface area contributed by atoms with Gasteiger partial charge in [0.2, 0.25) is 0 Å². The van der Waals surface area contributed by atoms with Crippen molar-refractivity contribution >= 4 is 0 Å². The molecular formula is C16H24N2O4. The minimum Gasteiger partial charge on any atom is -0.382 e. The molecule has 22 heavy (non-hydrogen) atoms. The second-order valence-electron chi connectivity index (χ2n) is 5.45. The maximum Gasteiger partial charge on any atom is 0.330 e. The molecule has 1 atom stereocenters. The number of nitrogens with one attached hydrogen (secondary N) is 1. The molecule has 6 heteroatoms. The molecule has 0 radical (unpaired) electrons. The number of ether oxygens (including phenoxy) is 1. The third kappa shape index (κ3) is 3.39. The summed E-state index contributed by atoms with van der Waals surface area (Å²) < 4.78 is 6.67. The van der Waals surface area contributed by atoms with Crippen molar-refractivity contribution in [2.75, 3.05) is 6.61 Å². The van der Waals surface area contributed by atoms with Gasteiger partial charge in [0.25, 0.3) is 5.56 Å². The molecule has 0 saturated carbocycles. The van der Waals surface area contributed by atoms with E-state index in [0.717, 1.165) is 31.3 Å². The van der Waals surface area contributed by atoms with Crippen molar-refractivity contribution in [2.45, 2.75) is 58.8 Å². The van der Waals surface area contributed by atoms with Crippen LogP contribution in [0.4, 0.5) is 0 Å². The van der Waals surface area contributed by atoms with Gasteiger partial charge in [0.05, 0.1) is 5.69 Å². The van der Waals surface area contributed by atoms with Gasteiger partial charge in [-0.15, -0.1) is 0 Å². The van der Waals surface area contributed by atoms with Crippen LogP contribution in [0.3, 0.4) is 0 Å². The first-order valence-corrected chi connectivity index (χ1v) is 7.90. The average Bonchev–Trinajstić information content (AvgIpc) is 2.53. The van der Waals surface area contributed by atoms with Gasteiger partial charge in [0.1, 0.15) is 12.8 Å². The highest BCUT2D eigenvalue weighted by Gasteiger charge is 2.24. The highest BCUT2D eigenvalue weighted by Crippen LogP contribution is 2.30. The van der Waals surface area contributed by atoms with Gasteiger partial charge in [-0.25, -0.2) is 4.79 Å². The Morgan fingerprint density at radius 1 is 1.36 bits per heavy atom. The fraction of sp³-hybridized carbons (Fsp3) is 0.625. The normalized spacial score (nSPS) is 16.4. The smallest absolute Gasteiger partial charge is 0.330 e. The van der Waals surface area contributed by atoms with E-state index in [0.29, 0.717) is 24.3 Å². The van der Waals surface area contributed by atoms with Crippen LogP contribution in [0.15, 0.2) is 21.2 Å². The molecule has 0 fully saturated rings. The van der Waals surface area contributed by atoms with Gasteiger partial charge in [-0.1, -0.05) is 13.0 Å². The Balaban J connectivity index is 2.56. The zero-order valence-electron chi connectivity index (χ0n) is 13.2. The highest BCUT2D eigenvalue weighted by atomic mass is 16.5. The zero-order valence-corrected chi connectivity index (χ0v) is 13.2. The van der Waals surface area contributed by atoms with Gasteiger partial charge in [0, 0.05) is 12.2 Å². The van der Waals surface area contributed by atoms with Gasteiger partial charge in [-0.3, -0.25) is 14.3 Å². The average molecular weight is 308 g/mol. The van der Waals surface area contributed by atoms with Crippen LogP contribution in [0.25, 0.3) is 0 Å². The van der Waals surface area contributed by atoms with Gasteiger partial charge in [0.15, 0.2) is 0 Å². The van der Waals surface area contributed by atoms with Gasteiger partial charge in [-0.05, 0) is 44.6 Å². The predicted molar refractivity (Wildman–Crippen MR) is 83.8 cm³/mol. The van der Waals surface area contributed by atoms with Crippen LogP contribution in [0.2, 0.25) is 0 Å². The molecule has 122 valence electrons. The Labute approximate surface area is 129 Å². The van der Waals surface area contributed by atoms with Crippen molar-refractivity contribution < 1.29 is 9.84 Å². The summed E-state index contributed by atoms with van der Waals surface area (Å²) in [6, 6.07) is 0. The number of aromatic amines is 1.